The van der Waals surface area contributed by atoms with E-state index in [0.29, 0.717) is 10.6 Å². The summed E-state index contributed by atoms with van der Waals surface area (Å²) in [5.74, 6) is 0.0639. The fourth-order valence-electron chi connectivity index (χ4n) is 2.30. The molecule has 1 N–H and O–H groups in total. The summed E-state index contributed by atoms with van der Waals surface area (Å²) in [6.07, 6.45) is 0. The molecule has 17 heavy (non-hydrogen) atoms. The molecule has 1 saturated heterocycles. The maximum absolute atomic E-state index is 12.4. The molecule has 1 amide bonds. The third-order valence-electron chi connectivity index (χ3n) is 3.14. The molecule has 0 aliphatic carbocycles. The van der Waals surface area contributed by atoms with Crippen LogP contribution in [0.1, 0.15) is 24.2 Å². The molecule has 2 rings (SSSR count). The van der Waals surface area contributed by atoms with E-state index in [9.17, 15) is 4.79 Å². The first-order valence-corrected chi connectivity index (χ1v) is 6.26. The highest BCUT2D eigenvalue weighted by atomic mass is 35.5. The number of carbonyl (C=O) groups excluding carboxylic acids is 1. The number of rotatable bonds is 1. The van der Waals surface area contributed by atoms with Crippen LogP contribution in [0.2, 0.25) is 5.02 Å². The van der Waals surface area contributed by atoms with Crippen LogP contribution in [0.3, 0.4) is 0 Å². The SMILES string of the molecule is CC1CNCC(C)N1C(=O)c1cccc(Cl)c1. The highest BCUT2D eigenvalue weighted by Gasteiger charge is 2.29. The highest BCUT2D eigenvalue weighted by molar-refractivity contribution is 6.30. The van der Waals surface area contributed by atoms with Crippen LogP contribution < -0.4 is 5.32 Å². The lowest BCUT2D eigenvalue weighted by atomic mass is 10.1. The number of nitrogens with one attached hydrogen (secondary N) is 1. The fraction of sp³-hybridized carbons (Fsp3) is 0.462. The highest BCUT2D eigenvalue weighted by Crippen LogP contribution is 2.17. The summed E-state index contributed by atoms with van der Waals surface area (Å²) < 4.78 is 0. The molecule has 3 nitrogen and oxygen atoms in total. The number of halogens is 1. The van der Waals surface area contributed by atoms with Crippen molar-refractivity contribution in [3.63, 3.8) is 0 Å². The van der Waals surface area contributed by atoms with Gasteiger partial charge in [0.05, 0.1) is 0 Å². The van der Waals surface area contributed by atoms with E-state index in [-0.39, 0.29) is 18.0 Å². The predicted octanol–water partition coefficient (Wildman–Crippen LogP) is 2.16. The number of benzene rings is 1. The van der Waals surface area contributed by atoms with E-state index in [1.54, 1.807) is 12.1 Å². The summed E-state index contributed by atoms with van der Waals surface area (Å²) in [5.41, 5.74) is 0.665. The minimum Gasteiger partial charge on any atom is -0.331 e. The quantitative estimate of drug-likeness (QED) is 0.831. The van der Waals surface area contributed by atoms with Gasteiger partial charge in [0.25, 0.3) is 5.91 Å². The number of nitrogens with zero attached hydrogens (tertiary/aromatic N) is 1. The largest absolute Gasteiger partial charge is 0.331 e. The molecule has 0 bridgehead atoms. The van der Waals surface area contributed by atoms with Gasteiger partial charge in [-0.05, 0) is 32.0 Å². The van der Waals surface area contributed by atoms with Crippen molar-refractivity contribution in [2.24, 2.45) is 0 Å². The van der Waals surface area contributed by atoms with E-state index in [1.165, 1.54) is 0 Å². The summed E-state index contributed by atoms with van der Waals surface area (Å²) in [5, 5.41) is 3.92. The van der Waals surface area contributed by atoms with Crippen molar-refractivity contribution in [3.8, 4) is 0 Å². The van der Waals surface area contributed by atoms with Gasteiger partial charge in [0, 0.05) is 35.8 Å². The van der Waals surface area contributed by atoms with Crippen LogP contribution in [0.15, 0.2) is 24.3 Å². The van der Waals surface area contributed by atoms with E-state index >= 15 is 0 Å². The normalized spacial score (nSPS) is 24.8. The number of carbonyl (C=O) groups is 1. The van der Waals surface area contributed by atoms with Crippen LogP contribution in [0.25, 0.3) is 0 Å². The summed E-state index contributed by atoms with van der Waals surface area (Å²) >= 11 is 5.92. The van der Waals surface area contributed by atoms with Crippen molar-refractivity contribution < 1.29 is 4.79 Å². The topological polar surface area (TPSA) is 32.3 Å². The van der Waals surface area contributed by atoms with Gasteiger partial charge in [0.2, 0.25) is 0 Å². The Kier molecular flexibility index (Phi) is 3.69. The molecule has 92 valence electrons. The van der Waals surface area contributed by atoms with Gasteiger partial charge in [-0.15, -0.1) is 0 Å². The van der Waals surface area contributed by atoms with Gasteiger partial charge in [-0.3, -0.25) is 4.79 Å². The van der Waals surface area contributed by atoms with Crippen molar-refractivity contribution in [3.05, 3.63) is 34.9 Å². The monoisotopic (exact) mass is 252 g/mol. The summed E-state index contributed by atoms with van der Waals surface area (Å²) in [6.45, 7) is 5.81. The molecule has 1 aromatic carbocycles. The molecule has 1 heterocycles. The second kappa shape index (κ2) is 5.07. The second-order valence-electron chi connectivity index (χ2n) is 4.58. The Hall–Kier alpha value is -1.06. The van der Waals surface area contributed by atoms with E-state index in [4.69, 9.17) is 11.6 Å². The Morgan fingerprint density at radius 1 is 1.35 bits per heavy atom. The van der Waals surface area contributed by atoms with Gasteiger partial charge in [0.15, 0.2) is 0 Å². The van der Waals surface area contributed by atoms with Crippen LogP contribution in [0, 0.1) is 0 Å². The Morgan fingerprint density at radius 2 is 2.00 bits per heavy atom. The molecule has 2 atom stereocenters. The van der Waals surface area contributed by atoms with Gasteiger partial charge >= 0.3 is 0 Å². The minimum absolute atomic E-state index is 0.0639. The first kappa shape index (κ1) is 12.4. The van der Waals surface area contributed by atoms with Gasteiger partial charge in [0.1, 0.15) is 0 Å². The molecule has 1 fully saturated rings. The lowest BCUT2D eigenvalue weighted by Crippen LogP contribution is -2.57. The average molecular weight is 253 g/mol. The second-order valence-corrected chi connectivity index (χ2v) is 5.02. The maximum atomic E-state index is 12.4. The zero-order valence-electron chi connectivity index (χ0n) is 10.1. The molecule has 1 aliphatic heterocycles. The van der Waals surface area contributed by atoms with Gasteiger partial charge < -0.3 is 10.2 Å². The Labute approximate surface area is 107 Å². The molecule has 1 aliphatic rings. The van der Waals surface area contributed by atoms with E-state index in [2.05, 4.69) is 19.2 Å². The smallest absolute Gasteiger partial charge is 0.254 e. The Morgan fingerprint density at radius 3 is 2.59 bits per heavy atom. The molecule has 0 aromatic heterocycles. The van der Waals surface area contributed by atoms with Crippen molar-refractivity contribution in [1.29, 1.82) is 0 Å². The maximum Gasteiger partial charge on any atom is 0.254 e. The predicted molar refractivity (Wildman–Crippen MR) is 69.4 cm³/mol. The van der Waals surface area contributed by atoms with Crippen LogP contribution in [0.5, 0.6) is 0 Å². The summed E-state index contributed by atoms with van der Waals surface area (Å²) in [6, 6.07) is 7.56. The minimum atomic E-state index is 0.0639. The van der Waals surface area contributed by atoms with Crippen LogP contribution >= 0.6 is 11.6 Å². The Bertz CT molecular complexity index is 412. The van der Waals surface area contributed by atoms with Crippen LogP contribution in [-0.2, 0) is 0 Å². The molecule has 0 saturated carbocycles. The number of amides is 1. The zero-order valence-corrected chi connectivity index (χ0v) is 10.9. The molecular formula is C13H17ClN2O. The summed E-state index contributed by atoms with van der Waals surface area (Å²) in [4.78, 5) is 14.3. The molecular weight excluding hydrogens is 236 g/mol. The van der Waals surface area contributed by atoms with Gasteiger partial charge in [-0.25, -0.2) is 0 Å². The lowest BCUT2D eigenvalue weighted by Gasteiger charge is -2.39. The van der Waals surface area contributed by atoms with Gasteiger partial charge in [-0.1, -0.05) is 17.7 Å². The average Bonchev–Trinajstić information content (AvgIpc) is 2.28. The fourth-order valence-corrected chi connectivity index (χ4v) is 2.49. The van der Waals surface area contributed by atoms with Crippen LogP contribution in [-0.4, -0.2) is 36.0 Å². The molecule has 2 unspecified atom stereocenters. The van der Waals surface area contributed by atoms with E-state index in [1.807, 2.05) is 17.0 Å². The Balaban J connectivity index is 2.24. The molecule has 0 spiro atoms. The van der Waals surface area contributed by atoms with Crippen LogP contribution in [0.4, 0.5) is 0 Å². The molecule has 1 aromatic rings. The summed E-state index contributed by atoms with van der Waals surface area (Å²) in [7, 11) is 0. The van der Waals surface area contributed by atoms with Crippen molar-refractivity contribution >= 4 is 17.5 Å². The lowest BCUT2D eigenvalue weighted by molar-refractivity contribution is 0.0544. The molecule has 0 radical (unpaired) electrons. The number of hydrogen-bond acceptors (Lipinski definition) is 2. The first-order valence-electron chi connectivity index (χ1n) is 5.88. The van der Waals surface area contributed by atoms with Crippen molar-refractivity contribution in [2.45, 2.75) is 25.9 Å². The molecule has 4 heteroatoms. The third-order valence-corrected chi connectivity index (χ3v) is 3.37. The van der Waals surface area contributed by atoms with Crippen molar-refractivity contribution in [1.82, 2.24) is 10.2 Å². The zero-order chi connectivity index (χ0) is 12.4. The third kappa shape index (κ3) is 2.61. The van der Waals surface area contributed by atoms with E-state index < -0.39 is 0 Å². The van der Waals surface area contributed by atoms with Crippen molar-refractivity contribution in [2.75, 3.05) is 13.1 Å². The van der Waals surface area contributed by atoms with Gasteiger partial charge in [-0.2, -0.15) is 0 Å². The standard InChI is InChI=1S/C13H17ClN2O/c1-9-7-15-8-10(2)16(9)13(17)11-4-3-5-12(14)6-11/h3-6,9-10,15H,7-8H2,1-2H3. The number of hydrogen-bond donors (Lipinski definition) is 1. The first-order chi connectivity index (χ1) is 8.09. The van der Waals surface area contributed by atoms with E-state index in [0.717, 1.165) is 13.1 Å². The number of piperazine rings is 1.